The van der Waals surface area contributed by atoms with E-state index in [0.29, 0.717) is 12.2 Å². The Kier molecular flexibility index (Phi) is 8.08. The zero-order valence-corrected chi connectivity index (χ0v) is 18.3. The van der Waals surface area contributed by atoms with Crippen LogP contribution in [0.15, 0.2) is 54.6 Å². The Balaban J connectivity index is 1.91. The Labute approximate surface area is 173 Å². The van der Waals surface area contributed by atoms with Gasteiger partial charge in [0.2, 0.25) is 15.9 Å². The maximum Gasteiger partial charge on any atom is 0.243 e. The number of sulfonamides is 1. The highest BCUT2D eigenvalue weighted by Crippen LogP contribution is 2.20. The van der Waals surface area contributed by atoms with Gasteiger partial charge in [-0.25, -0.2) is 8.42 Å². The van der Waals surface area contributed by atoms with Gasteiger partial charge < -0.3 is 10.1 Å². The van der Waals surface area contributed by atoms with E-state index >= 15 is 0 Å². The number of anilines is 1. The topological polar surface area (TPSA) is 75.7 Å². The number of para-hydroxylation sites is 1. The van der Waals surface area contributed by atoms with Crippen LogP contribution < -0.4 is 14.4 Å². The van der Waals surface area contributed by atoms with Crippen molar-refractivity contribution in [1.29, 1.82) is 0 Å². The van der Waals surface area contributed by atoms with Crippen LogP contribution in [-0.2, 0) is 21.2 Å². The second kappa shape index (κ2) is 10.3. The molecule has 2 rings (SSSR count). The van der Waals surface area contributed by atoms with Gasteiger partial charge in [0.25, 0.3) is 0 Å². The predicted molar refractivity (Wildman–Crippen MR) is 117 cm³/mol. The summed E-state index contributed by atoms with van der Waals surface area (Å²) in [6, 6.07) is 15.7. The molecule has 0 aromatic heterocycles. The summed E-state index contributed by atoms with van der Waals surface area (Å²) in [6.45, 7) is 6.03. The molecule has 0 aliphatic heterocycles. The van der Waals surface area contributed by atoms with Crippen LogP contribution in [0.5, 0.6) is 5.75 Å². The number of rotatable bonds is 10. The molecule has 0 spiro atoms. The number of ether oxygens (including phenoxy) is 1. The van der Waals surface area contributed by atoms with Crippen LogP contribution in [0.2, 0.25) is 0 Å². The zero-order valence-electron chi connectivity index (χ0n) is 17.5. The predicted octanol–water partition coefficient (Wildman–Crippen LogP) is 3.38. The van der Waals surface area contributed by atoms with Gasteiger partial charge in [-0.3, -0.25) is 9.10 Å². The van der Waals surface area contributed by atoms with Gasteiger partial charge in [0, 0.05) is 6.54 Å². The number of benzene rings is 2. The minimum Gasteiger partial charge on any atom is -0.491 e. The summed E-state index contributed by atoms with van der Waals surface area (Å²) >= 11 is 0. The summed E-state index contributed by atoms with van der Waals surface area (Å²) in [5, 5.41) is 2.85. The van der Waals surface area contributed by atoms with Gasteiger partial charge in [-0.15, -0.1) is 0 Å². The molecule has 0 fully saturated rings. The first kappa shape index (κ1) is 22.7. The van der Waals surface area contributed by atoms with E-state index in [4.69, 9.17) is 4.74 Å². The van der Waals surface area contributed by atoms with Crippen molar-refractivity contribution in [1.82, 2.24) is 5.32 Å². The van der Waals surface area contributed by atoms with Gasteiger partial charge in [-0.2, -0.15) is 0 Å². The number of amides is 1. The van der Waals surface area contributed by atoms with Gasteiger partial charge in [-0.1, -0.05) is 30.3 Å². The van der Waals surface area contributed by atoms with Crippen molar-refractivity contribution in [2.45, 2.75) is 45.8 Å². The molecular weight excluding hydrogens is 388 g/mol. The molecule has 1 atom stereocenters. The molecule has 29 heavy (non-hydrogen) atoms. The van der Waals surface area contributed by atoms with Crippen LogP contribution in [0.3, 0.4) is 0 Å². The summed E-state index contributed by atoms with van der Waals surface area (Å²) in [4.78, 5) is 12.6. The molecule has 0 heterocycles. The van der Waals surface area contributed by atoms with Crippen molar-refractivity contribution in [3.63, 3.8) is 0 Å². The second-order valence-corrected chi connectivity index (χ2v) is 9.14. The quantitative estimate of drug-likeness (QED) is 0.600. The van der Waals surface area contributed by atoms with Gasteiger partial charge in [-0.05, 0) is 63.4 Å². The second-order valence-electron chi connectivity index (χ2n) is 7.28. The minimum atomic E-state index is -3.59. The lowest BCUT2D eigenvalue weighted by atomic mass is 10.1. The van der Waals surface area contributed by atoms with E-state index in [2.05, 4.69) is 5.32 Å². The van der Waals surface area contributed by atoms with Crippen LogP contribution in [0.25, 0.3) is 0 Å². The maximum atomic E-state index is 12.6. The smallest absolute Gasteiger partial charge is 0.243 e. The highest BCUT2D eigenvalue weighted by atomic mass is 32.2. The standard InChI is InChI=1S/C22H30N2O4S/c1-17(2)28-21-14-8-10-19(16-21)11-9-15-23-22(25)18(3)24(29(4,26)27)20-12-6-5-7-13-20/h5-8,10,12-14,16-18H,9,11,15H2,1-4H3,(H,23,25). The molecule has 0 radical (unpaired) electrons. The molecule has 7 heteroatoms. The van der Waals surface area contributed by atoms with Crippen molar-refractivity contribution in [2.75, 3.05) is 17.1 Å². The van der Waals surface area contributed by atoms with Crippen molar-refractivity contribution in [3.05, 3.63) is 60.2 Å². The summed E-state index contributed by atoms with van der Waals surface area (Å²) < 4.78 is 31.3. The molecule has 2 aromatic carbocycles. The van der Waals surface area contributed by atoms with E-state index in [1.165, 1.54) is 0 Å². The number of carbonyl (C=O) groups is 1. The zero-order chi connectivity index (χ0) is 21.4. The van der Waals surface area contributed by atoms with Crippen LogP contribution >= 0.6 is 0 Å². The first-order chi connectivity index (χ1) is 13.7. The molecule has 6 nitrogen and oxygen atoms in total. The first-order valence-corrected chi connectivity index (χ1v) is 11.6. The van der Waals surface area contributed by atoms with Crippen LogP contribution in [0.4, 0.5) is 5.69 Å². The third-order valence-electron chi connectivity index (χ3n) is 4.31. The summed E-state index contributed by atoms with van der Waals surface area (Å²) in [5.74, 6) is 0.512. The van der Waals surface area contributed by atoms with Crippen molar-refractivity contribution in [3.8, 4) is 5.75 Å². The fraction of sp³-hybridized carbons (Fsp3) is 0.409. The molecule has 0 saturated carbocycles. The fourth-order valence-electron chi connectivity index (χ4n) is 3.08. The maximum absolute atomic E-state index is 12.6. The van der Waals surface area contributed by atoms with E-state index in [1.54, 1.807) is 37.3 Å². The largest absolute Gasteiger partial charge is 0.491 e. The molecule has 158 valence electrons. The highest BCUT2D eigenvalue weighted by Gasteiger charge is 2.28. The number of carbonyl (C=O) groups excluding carboxylic acids is 1. The minimum absolute atomic E-state index is 0.119. The molecule has 1 amide bonds. The third kappa shape index (κ3) is 7.09. The van der Waals surface area contributed by atoms with Crippen molar-refractivity contribution < 1.29 is 17.9 Å². The third-order valence-corrected chi connectivity index (χ3v) is 5.55. The monoisotopic (exact) mass is 418 g/mol. The molecule has 0 bridgehead atoms. The molecular formula is C22H30N2O4S. The number of hydrogen-bond acceptors (Lipinski definition) is 4. The number of nitrogens with one attached hydrogen (secondary N) is 1. The molecule has 0 saturated heterocycles. The Hall–Kier alpha value is -2.54. The lowest BCUT2D eigenvalue weighted by Crippen LogP contribution is -2.48. The van der Waals surface area contributed by atoms with Gasteiger partial charge >= 0.3 is 0 Å². The normalized spacial score (nSPS) is 12.4. The highest BCUT2D eigenvalue weighted by molar-refractivity contribution is 7.92. The molecule has 1 unspecified atom stereocenters. The number of nitrogens with zero attached hydrogens (tertiary/aromatic N) is 1. The lowest BCUT2D eigenvalue weighted by molar-refractivity contribution is -0.121. The number of hydrogen-bond donors (Lipinski definition) is 1. The summed E-state index contributed by atoms with van der Waals surface area (Å²) in [6.07, 6.45) is 2.76. The fourth-order valence-corrected chi connectivity index (χ4v) is 4.26. The average molecular weight is 419 g/mol. The molecule has 2 aromatic rings. The summed E-state index contributed by atoms with van der Waals surface area (Å²) in [7, 11) is -3.59. The van der Waals surface area contributed by atoms with Crippen LogP contribution in [0, 0.1) is 0 Å². The Bertz CT molecular complexity index is 898. The van der Waals surface area contributed by atoms with Crippen molar-refractivity contribution in [2.24, 2.45) is 0 Å². The van der Waals surface area contributed by atoms with Gasteiger partial charge in [0.05, 0.1) is 18.0 Å². The van der Waals surface area contributed by atoms with E-state index in [1.807, 2.05) is 38.1 Å². The van der Waals surface area contributed by atoms with Crippen LogP contribution in [-0.4, -0.2) is 39.3 Å². The van der Waals surface area contributed by atoms with E-state index in [9.17, 15) is 13.2 Å². The van der Waals surface area contributed by atoms with Gasteiger partial charge in [0.15, 0.2) is 0 Å². The van der Waals surface area contributed by atoms with E-state index in [-0.39, 0.29) is 12.0 Å². The molecule has 0 aliphatic carbocycles. The SMILES string of the molecule is CC(C)Oc1cccc(CCCNC(=O)C(C)N(c2ccccc2)S(C)(=O)=O)c1. The van der Waals surface area contributed by atoms with Gasteiger partial charge in [0.1, 0.15) is 11.8 Å². The Morgan fingerprint density at radius 3 is 2.38 bits per heavy atom. The average Bonchev–Trinajstić information content (AvgIpc) is 2.64. The lowest BCUT2D eigenvalue weighted by Gasteiger charge is -2.28. The van der Waals surface area contributed by atoms with Crippen molar-refractivity contribution >= 4 is 21.6 Å². The first-order valence-electron chi connectivity index (χ1n) is 9.76. The van der Waals surface area contributed by atoms with E-state index < -0.39 is 16.1 Å². The van der Waals surface area contributed by atoms with E-state index in [0.717, 1.165) is 34.7 Å². The number of aryl methyl sites for hydroxylation is 1. The molecule has 0 aliphatic rings. The Morgan fingerprint density at radius 2 is 1.76 bits per heavy atom. The Morgan fingerprint density at radius 1 is 1.07 bits per heavy atom. The van der Waals surface area contributed by atoms with Crippen LogP contribution in [0.1, 0.15) is 32.8 Å². The summed E-state index contributed by atoms with van der Waals surface area (Å²) in [5.41, 5.74) is 1.60. The molecule has 1 N–H and O–H groups in total.